The Hall–Kier alpha value is -1.27. The standard InChI is InChI=1S/C11H16N4OS/c1-7(8-2-5-16-6-8)15-11-9(10(12)17)13-3-4-14-11/h3-4,7-8H,2,5-6H2,1H3,(H2,12,17)(H,14,15). The van der Waals surface area contributed by atoms with E-state index >= 15 is 0 Å². The van der Waals surface area contributed by atoms with Crippen LogP contribution in [0.15, 0.2) is 12.4 Å². The van der Waals surface area contributed by atoms with Crippen molar-refractivity contribution in [3.8, 4) is 0 Å². The van der Waals surface area contributed by atoms with E-state index in [-0.39, 0.29) is 11.0 Å². The third kappa shape index (κ3) is 2.89. The summed E-state index contributed by atoms with van der Waals surface area (Å²) in [4.78, 5) is 8.62. The van der Waals surface area contributed by atoms with E-state index in [0.29, 0.717) is 17.4 Å². The maximum atomic E-state index is 5.61. The second-order valence-electron chi connectivity index (χ2n) is 4.17. The maximum absolute atomic E-state index is 5.61. The zero-order valence-corrected chi connectivity index (χ0v) is 10.5. The largest absolute Gasteiger partial charge is 0.388 e. The molecular weight excluding hydrogens is 236 g/mol. The first-order valence-corrected chi connectivity index (χ1v) is 6.04. The Labute approximate surface area is 106 Å². The number of nitrogens with one attached hydrogen (secondary N) is 1. The number of nitrogens with zero attached hydrogens (tertiary/aromatic N) is 2. The van der Waals surface area contributed by atoms with Crippen molar-refractivity contribution < 1.29 is 4.74 Å². The molecule has 5 nitrogen and oxygen atoms in total. The molecule has 1 saturated heterocycles. The smallest absolute Gasteiger partial charge is 0.155 e. The summed E-state index contributed by atoms with van der Waals surface area (Å²) in [6, 6.07) is 0.266. The van der Waals surface area contributed by atoms with Gasteiger partial charge in [-0.2, -0.15) is 0 Å². The van der Waals surface area contributed by atoms with Gasteiger partial charge in [-0.15, -0.1) is 0 Å². The number of ether oxygens (including phenoxy) is 1. The lowest BCUT2D eigenvalue weighted by atomic mass is 10.0. The van der Waals surface area contributed by atoms with Crippen molar-refractivity contribution in [3.63, 3.8) is 0 Å². The minimum Gasteiger partial charge on any atom is -0.388 e. The summed E-state index contributed by atoms with van der Waals surface area (Å²) in [5, 5.41) is 3.31. The Bertz CT molecular complexity index is 406. The number of nitrogens with two attached hydrogens (primary N) is 1. The van der Waals surface area contributed by atoms with Crippen molar-refractivity contribution in [2.24, 2.45) is 11.7 Å². The van der Waals surface area contributed by atoms with Crippen molar-refractivity contribution in [2.75, 3.05) is 18.5 Å². The van der Waals surface area contributed by atoms with Gasteiger partial charge in [0.05, 0.1) is 6.61 Å². The molecule has 17 heavy (non-hydrogen) atoms. The summed E-state index contributed by atoms with van der Waals surface area (Å²) >= 11 is 4.95. The van der Waals surface area contributed by atoms with Gasteiger partial charge in [-0.05, 0) is 13.3 Å². The molecular formula is C11H16N4OS. The molecule has 0 radical (unpaired) electrons. The van der Waals surface area contributed by atoms with E-state index in [1.54, 1.807) is 12.4 Å². The fourth-order valence-electron chi connectivity index (χ4n) is 1.90. The minimum absolute atomic E-state index is 0.260. The van der Waals surface area contributed by atoms with Crippen LogP contribution in [0.25, 0.3) is 0 Å². The van der Waals surface area contributed by atoms with Gasteiger partial charge in [0.2, 0.25) is 0 Å². The highest BCUT2D eigenvalue weighted by Gasteiger charge is 2.23. The van der Waals surface area contributed by atoms with E-state index in [2.05, 4.69) is 22.2 Å². The van der Waals surface area contributed by atoms with Crippen molar-refractivity contribution in [2.45, 2.75) is 19.4 Å². The maximum Gasteiger partial charge on any atom is 0.155 e. The predicted octanol–water partition coefficient (Wildman–Crippen LogP) is 0.948. The molecule has 1 aromatic heterocycles. The molecule has 1 aromatic rings. The van der Waals surface area contributed by atoms with Crippen LogP contribution in [-0.2, 0) is 4.74 Å². The summed E-state index contributed by atoms with van der Waals surface area (Å²) in [6.45, 7) is 3.73. The molecule has 92 valence electrons. The SMILES string of the molecule is CC(Nc1nccnc1C(N)=S)C1CCOC1. The molecule has 1 aliphatic heterocycles. The van der Waals surface area contributed by atoms with E-state index < -0.39 is 0 Å². The molecule has 0 aromatic carbocycles. The second-order valence-corrected chi connectivity index (χ2v) is 4.61. The molecule has 0 spiro atoms. The fourth-order valence-corrected chi connectivity index (χ4v) is 2.05. The average molecular weight is 252 g/mol. The highest BCUT2D eigenvalue weighted by molar-refractivity contribution is 7.80. The van der Waals surface area contributed by atoms with E-state index in [1.807, 2.05) is 0 Å². The quantitative estimate of drug-likeness (QED) is 0.777. The minimum atomic E-state index is 0.260. The summed E-state index contributed by atoms with van der Waals surface area (Å²) in [7, 11) is 0. The van der Waals surface area contributed by atoms with Crippen LogP contribution in [0, 0.1) is 5.92 Å². The Morgan fingerprint density at radius 1 is 1.59 bits per heavy atom. The lowest BCUT2D eigenvalue weighted by molar-refractivity contribution is 0.183. The highest BCUT2D eigenvalue weighted by Crippen LogP contribution is 2.20. The van der Waals surface area contributed by atoms with E-state index in [4.69, 9.17) is 22.7 Å². The van der Waals surface area contributed by atoms with E-state index in [0.717, 1.165) is 19.6 Å². The van der Waals surface area contributed by atoms with Crippen molar-refractivity contribution >= 4 is 23.0 Å². The Morgan fingerprint density at radius 2 is 2.35 bits per heavy atom. The molecule has 0 amide bonds. The summed E-state index contributed by atoms with van der Waals surface area (Å²) in [5.74, 6) is 1.15. The van der Waals surface area contributed by atoms with Crippen LogP contribution in [0.2, 0.25) is 0 Å². The van der Waals surface area contributed by atoms with Gasteiger partial charge in [0.1, 0.15) is 10.7 Å². The Morgan fingerprint density at radius 3 is 3.00 bits per heavy atom. The van der Waals surface area contributed by atoms with Crippen molar-refractivity contribution in [3.05, 3.63) is 18.1 Å². The van der Waals surface area contributed by atoms with Crippen LogP contribution in [-0.4, -0.2) is 34.2 Å². The van der Waals surface area contributed by atoms with Crippen LogP contribution in [0.5, 0.6) is 0 Å². The molecule has 1 fully saturated rings. The van der Waals surface area contributed by atoms with Crippen LogP contribution in [0.3, 0.4) is 0 Å². The molecule has 0 aliphatic carbocycles. The van der Waals surface area contributed by atoms with Gasteiger partial charge in [0, 0.05) is 31.0 Å². The first-order chi connectivity index (χ1) is 8.18. The van der Waals surface area contributed by atoms with Gasteiger partial charge in [-0.25, -0.2) is 9.97 Å². The predicted molar refractivity (Wildman–Crippen MR) is 69.9 cm³/mol. The zero-order valence-electron chi connectivity index (χ0n) is 9.72. The number of hydrogen-bond acceptors (Lipinski definition) is 5. The van der Waals surface area contributed by atoms with Gasteiger partial charge in [-0.1, -0.05) is 12.2 Å². The Balaban J connectivity index is 2.09. The average Bonchev–Trinajstić information content (AvgIpc) is 2.83. The van der Waals surface area contributed by atoms with Gasteiger partial charge >= 0.3 is 0 Å². The molecule has 0 saturated carbocycles. The summed E-state index contributed by atoms with van der Waals surface area (Å²) in [5.41, 5.74) is 6.16. The number of hydrogen-bond donors (Lipinski definition) is 2. The topological polar surface area (TPSA) is 73.1 Å². The zero-order chi connectivity index (χ0) is 12.3. The molecule has 2 heterocycles. The van der Waals surface area contributed by atoms with Gasteiger partial charge in [-0.3, -0.25) is 0 Å². The van der Waals surface area contributed by atoms with Crippen LogP contribution in [0.4, 0.5) is 5.82 Å². The van der Waals surface area contributed by atoms with Gasteiger partial charge in [0.25, 0.3) is 0 Å². The summed E-state index contributed by atoms with van der Waals surface area (Å²) < 4.78 is 5.37. The second kappa shape index (κ2) is 5.37. The normalized spacial score (nSPS) is 21.1. The molecule has 6 heteroatoms. The van der Waals surface area contributed by atoms with Gasteiger partial charge in [0.15, 0.2) is 5.82 Å². The number of rotatable bonds is 4. The third-order valence-corrected chi connectivity index (χ3v) is 3.16. The monoisotopic (exact) mass is 252 g/mol. The number of thiocarbonyl (C=S) groups is 1. The molecule has 2 rings (SSSR count). The molecule has 2 atom stereocenters. The van der Waals surface area contributed by atoms with Crippen LogP contribution in [0.1, 0.15) is 19.0 Å². The fraction of sp³-hybridized carbons (Fsp3) is 0.545. The Kier molecular flexibility index (Phi) is 3.86. The van der Waals surface area contributed by atoms with Crippen molar-refractivity contribution in [1.82, 2.24) is 9.97 Å². The third-order valence-electron chi connectivity index (χ3n) is 2.97. The molecule has 0 bridgehead atoms. The summed E-state index contributed by atoms with van der Waals surface area (Å²) in [6.07, 6.45) is 4.28. The highest BCUT2D eigenvalue weighted by atomic mass is 32.1. The van der Waals surface area contributed by atoms with Crippen LogP contribution >= 0.6 is 12.2 Å². The van der Waals surface area contributed by atoms with Crippen molar-refractivity contribution in [1.29, 1.82) is 0 Å². The molecule has 2 unspecified atom stereocenters. The van der Waals surface area contributed by atoms with E-state index in [1.165, 1.54) is 0 Å². The number of anilines is 1. The first kappa shape index (κ1) is 12.2. The molecule has 1 aliphatic rings. The first-order valence-electron chi connectivity index (χ1n) is 5.63. The lowest BCUT2D eigenvalue weighted by Gasteiger charge is -2.20. The number of aromatic nitrogens is 2. The van der Waals surface area contributed by atoms with E-state index in [9.17, 15) is 0 Å². The molecule has 3 N–H and O–H groups in total. The lowest BCUT2D eigenvalue weighted by Crippen LogP contribution is -2.28. The van der Waals surface area contributed by atoms with Crippen LogP contribution < -0.4 is 11.1 Å². The van der Waals surface area contributed by atoms with Gasteiger partial charge < -0.3 is 15.8 Å².